The van der Waals surface area contributed by atoms with Crippen molar-refractivity contribution in [3.05, 3.63) is 50.4 Å². The van der Waals surface area contributed by atoms with Crippen molar-refractivity contribution >= 4 is 17.2 Å². The van der Waals surface area contributed by atoms with Gasteiger partial charge in [0.2, 0.25) is 0 Å². The first-order chi connectivity index (χ1) is 7.18. The third kappa shape index (κ3) is 1.90. The number of hydrogen-bond acceptors (Lipinski definition) is 5. The SMILES string of the molecule is O=[N+]([O-])c1ccc(C(O)c2cccs2)o1. The Labute approximate surface area is 88.7 Å². The van der Waals surface area contributed by atoms with Crippen molar-refractivity contribution in [3.63, 3.8) is 0 Å². The van der Waals surface area contributed by atoms with E-state index in [1.54, 1.807) is 12.1 Å². The van der Waals surface area contributed by atoms with Gasteiger partial charge in [-0.3, -0.25) is 10.1 Å². The molecule has 0 aliphatic carbocycles. The lowest BCUT2D eigenvalue weighted by Gasteiger charge is -2.02. The molecule has 0 aliphatic rings. The molecule has 1 N–H and O–H groups in total. The molecule has 0 aliphatic heterocycles. The summed E-state index contributed by atoms with van der Waals surface area (Å²) in [5, 5.41) is 21.9. The van der Waals surface area contributed by atoms with E-state index >= 15 is 0 Å². The third-order valence-electron chi connectivity index (χ3n) is 1.87. The predicted octanol–water partition coefficient (Wildman–Crippen LogP) is 2.33. The molecule has 0 radical (unpaired) electrons. The standard InChI is InChI=1S/C9H7NO4S/c11-9(7-2-1-5-15-7)6-3-4-8(14-6)10(12)13/h1-5,9,11H. The third-order valence-corrected chi connectivity index (χ3v) is 2.80. The van der Waals surface area contributed by atoms with Crippen molar-refractivity contribution in [1.29, 1.82) is 0 Å². The zero-order valence-electron chi connectivity index (χ0n) is 7.49. The van der Waals surface area contributed by atoms with Gasteiger partial charge in [0, 0.05) is 4.88 Å². The predicted molar refractivity (Wildman–Crippen MR) is 53.7 cm³/mol. The molecule has 15 heavy (non-hydrogen) atoms. The lowest BCUT2D eigenvalue weighted by molar-refractivity contribution is -0.402. The number of nitro groups is 1. The van der Waals surface area contributed by atoms with E-state index < -0.39 is 11.0 Å². The molecular formula is C9H7NO4S. The van der Waals surface area contributed by atoms with Gasteiger partial charge < -0.3 is 9.52 Å². The number of hydrogen-bond donors (Lipinski definition) is 1. The summed E-state index contributed by atoms with van der Waals surface area (Å²) in [5.41, 5.74) is 0. The van der Waals surface area contributed by atoms with E-state index in [1.165, 1.54) is 23.5 Å². The molecule has 0 saturated heterocycles. The second-order valence-electron chi connectivity index (χ2n) is 2.85. The largest absolute Gasteiger partial charge is 0.433 e. The van der Waals surface area contributed by atoms with E-state index in [1.807, 2.05) is 5.38 Å². The van der Waals surface area contributed by atoms with E-state index in [4.69, 9.17) is 4.42 Å². The molecule has 1 unspecified atom stereocenters. The van der Waals surface area contributed by atoms with Gasteiger partial charge in [0.05, 0.1) is 6.07 Å². The van der Waals surface area contributed by atoms with Crippen molar-refractivity contribution in [3.8, 4) is 0 Å². The fourth-order valence-electron chi connectivity index (χ4n) is 1.17. The summed E-state index contributed by atoms with van der Waals surface area (Å²) in [4.78, 5) is 10.4. The van der Waals surface area contributed by atoms with Gasteiger partial charge in [-0.2, -0.15) is 0 Å². The molecule has 0 fully saturated rings. The number of thiophene rings is 1. The summed E-state index contributed by atoms with van der Waals surface area (Å²) in [6.45, 7) is 0. The normalized spacial score (nSPS) is 12.6. The summed E-state index contributed by atoms with van der Waals surface area (Å²) in [7, 11) is 0. The maximum absolute atomic E-state index is 10.4. The molecule has 0 spiro atoms. The summed E-state index contributed by atoms with van der Waals surface area (Å²) in [5.74, 6) is -0.176. The van der Waals surface area contributed by atoms with E-state index in [0.29, 0.717) is 4.88 Å². The highest BCUT2D eigenvalue weighted by Crippen LogP contribution is 2.29. The van der Waals surface area contributed by atoms with Crippen LogP contribution < -0.4 is 0 Å². The Kier molecular flexibility index (Phi) is 2.53. The molecule has 78 valence electrons. The molecule has 1 atom stereocenters. The fourth-order valence-corrected chi connectivity index (χ4v) is 1.89. The second-order valence-corrected chi connectivity index (χ2v) is 3.83. The van der Waals surface area contributed by atoms with Gasteiger partial charge in [0.25, 0.3) is 0 Å². The summed E-state index contributed by atoms with van der Waals surface area (Å²) < 4.78 is 4.89. The summed E-state index contributed by atoms with van der Waals surface area (Å²) >= 11 is 1.36. The van der Waals surface area contributed by atoms with Gasteiger partial charge in [-0.25, -0.2) is 0 Å². The van der Waals surface area contributed by atoms with E-state index in [2.05, 4.69) is 0 Å². The number of furan rings is 1. The van der Waals surface area contributed by atoms with Gasteiger partial charge in [-0.15, -0.1) is 11.3 Å². The van der Waals surface area contributed by atoms with Crippen LogP contribution in [0.25, 0.3) is 0 Å². The molecule has 6 heteroatoms. The molecular weight excluding hydrogens is 218 g/mol. The monoisotopic (exact) mass is 225 g/mol. The molecule has 2 aromatic rings. The summed E-state index contributed by atoms with van der Waals surface area (Å²) in [6, 6.07) is 6.17. The first-order valence-corrected chi connectivity index (χ1v) is 5.02. The van der Waals surface area contributed by atoms with Crippen molar-refractivity contribution < 1.29 is 14.4 Å². The van der Waals surface area contributed by atoms with Gasteiger partial charge in [-0.1, -0.05) is 6.07 Å². The minimum Gasteiger partial charge on any atom is -0.403 e. The van der Waals surface area contributed by atoms with E-state index in [-0.39, 0.29) is 11.6 Å². The van der Waals surface area contributed by atoms with Crippen LogP contribution in [0.1, 0.15) is 16.7 Å². The molecule has 2 rings (SSSR count). The number of nitrogens with zero attached hydrogens (tertiary/aromatic N) is 1. The Morgan fingerprint density at radius 1 is 1.47 bits per heavy atom. The second kappa shape index (κ2) is 3.84. The van der Waals surface area contributed by atoms with Gasteiger partial charge in [0.15, 0.2) is 0 Å². The Bertz CT molecular complexity index is 462. The molecule has 0 aromatic carbocycles. The van der Waals surface area contributed by atoms with Gasteiger partial charge in [-0.05, 0) is 17.5 Å². The van der Waals surface area contributed by atoms with Crippen LogP contribution in [0.15, 0.2) is 34.1 Å². The van der Waals surface area contributed by atoms with Crippen molar-refractivity contribution in [2.24, 2.45) is 0 Å². The molecule has 5 nitrogen and oxygen atoms in total. The topological polar surface area (TPSA) is 76.5 Å². The van der Waals surface area contributed by atoms with E-state index in [9.17, 15) is 15.2 Å². The average molecular weight is 225 g/mol. The van der Waals surface area contributed by atoms with Crippen LogP contribution in [0.3, 0.4) is 0 Å². The number of aliphatic hydroxyl groups is 1. The van der Waals surface area contributed by atoms with Crippen molar-refractivity contribution in [2.45, 2.75) is 6.10 Å². The number of rotatable bonds is 3. The van der Waals surface area contributed by atoms with Crippen LogP contribution in [-0.2, 0) is 0 Å². The van der Waals surface area contributed by atoms with E-state index in [0.717, 1.165) is 0 Å². The Morgan fingerprint density at radius 3 is 2.80 bits per heavy atom. The Hall–Kier alpha value is -1.66. The van der Waals surface area contributed by atoms with Crippen molar-refractivity contribution in [1.82, 2.24) is 0 Å². The van der Waals surface area contributed by atoms with Crippen LogP contribution >= 0.6 is 11.3 Å². The maximum Gasteiger partial charge on any atom is 0.433 e. The van der Waals surface area contributed by atoms with Crippen LogP contribution in [-0.4, -0.2) is 10.0 Å². The highest BCUT2D eigenvalue weighted by molar-refractivity contribution is 7.10. The highest BCUT2D eigenvalue weighted by Gasteiger charge is 2.19. The average Bonchev–Trinajstić information content (AvgIpc) is 2.88. The Morgan fingerprint density at radius 2 is 2.27 bits per heavy atom. The minimum absolute atomic E-state index is 0.184. The maximum atomic E-state index is 10.4. The fraction of sp³-hybridized carbons (Fsp3) is 0.111. The highest BCUT2D eigenvalue weighted by atomic mass is 32.1. The molecule has 0 saturated carbocycles. The first-order valence-electron chi connectivity index (χ1n) is 4.14. The van der Waals surface area contributed by atoms with Crippen LogP contribution in [0.4, 0.5) is 5.88 Å². The zero-order chi connectivity index (χ0) is 10.8. The first kappa shape index (κ1) is 9.88. The minimum atomic E-state index is -0.932. The molecule has 0 amide bonds. The molecule has 2 heterocycles. The molecule has 0 bridgehead atoms. The van der Waals surface area contributed by atoms with Crippen molar-refractivity contribution in [2.75, 3.05) is 0 Å². The lowest BCUT2D eigenvalue weighted by Crippen LogP contribution is -1.94. The zero-order valence-corrected chi connectivity index (χ0v) is 8.31. The van der Waals surface area contributed by atoms with Crippen LogP contribution in [0.5, 0.6) is 0 Å². The molecule has 2 aromatic heterocycles. The quantitative estimate of drug-likeness (QED) is 0.642. The lowest BCUT2D eigenvalue weighted by atomic mass is 10.2. The van der Waals surface area contributed by atoms with Crippen LogP contribution in [0, 0.1) is 10.1 Å². The van der Waals surface area contributed by atoms with Crippen LogP contribution in [0.2, 0.25) is 0 Å². The number of aliphatic hydroxyl groups excluding tert-OH is 1. The smallest absolute Gasteiger partial charge is 0.403 e. The summed E-state index contributed by atoms with van der Waals surface area (Å²) in [6.07, 6.45) is -0.932. The van der Waals surface area contributed by atoms with Gasteiger partial charge >= 0.3 is 5.88 Å². The Balaban J connectivity index is 2.26. The van der Waals surface area contributed by atoms with Gasteiger partial charge in [0.1, 0.15) is 16.8 Å².